The van der Waals surface area contributed by atoms with Gasteiger partial charge in [0.1, 0.15) is 5.75 Å². The van der Waals surface area contributed by atoms with Crippen LogP contribution in [0.25, 0.3) is 0 Å². The van der Waals surface area contributed by atoms with E-state index in [1.807, 2.05) is 12.1 Å². The van der Waals surface area contributed by atoms with Crippen LogP contribution in [0.15, 0.2) is 12.1 Å². The van der Waals surface area contributed by atoms with Gasteiger partial charge in [-0.2, -0.15) is 0 Å². The highest BCUT2D eigenvalue weighted by Crippen LogP contribution is 2.39. The minimum atomic E-state index is 0.252. The van der Waals surface area contributed by atoms with Crippen molar-refractivity contribution in [3.63, 3.8) is 0 Å². The lowest BCUT2D eigenvalue weighted by atomic mass is 10.0. The van der Waals surface area contributed by atoms with Crippen LogP contribution in [0.1, 0.15) is 11.6 Å². The van der Waals surface area contributed by atoms with Crippen LogP contribution in [0.3, 0.4) is 0 Å². The lowest BCUT2D eigenvalue weighted by Crippen LogP contribution is -2.47. The first-order chi connectivity index (χ1) is 11.1. The molecule has 0 amide bonds. The molecule has 2 rings (SSSR count). The third-order valence-electron chi connectivity index (χ3n) is 4.23. The van der Waals surface area contributed by atoms with Gasteiger partial charge in [-0.3, -0.25) is 4.90 Å². The zero-order valence-electron chi connectivity index (χ0n) is 14.9. The van der Waals surface area contributed by atoms with Crippen molar-refractivity contribution < 1.29 is 14.2 Å². The van der Waals surface area contributed by atoms with Crippen LogP contribution in [-0.2, 0) is 0 Å². The van der Waals surface area contributed by atoms with Crippen molar-refractivity contribution in [3.8, 4) is 17.2 Å². The fourth-order valence-corrected chi connectivity index (χ4v) is 3.06. The van der Waals surface area contributed by atoms with E-state index in [0.717, 1.165) is 49.8 Å². The molecule has 1 saturated heterocycles. The third kappa shape index (κ3) is 4.28. The molecule has 1 aliphatic rings. The predicted octanol–water partition coefficient (Wildman–Crippen LogP) is 1.22. The van der Waals surface area contributed by atoms with Gasteiger partial charge in [0.25, 0.3) is 0 Å². The van der Waals surface area contributed by atoms with Gasteiger partial charge in [-0.05, 0) is 20.2 Å². The summed E-state index contributed by atoms with van der Waals surface area (Å²) in [6.45, 7) is 5.00. The Morgan fingerprint density at radius 3 is 2.09 bits per heavy atom. The molecule has 0 bridgehead atoms. The molecule has 130 valence electrons. The average molecular weight is 323 g/mol. The average Bonchev–Trinajstić information content (AvgIpc) is 2.59. The maximum atomic E-state index is 5.64. The molecule has 1 heterocycles. The smallest absolute Gasteiger partial charge is 0.164 e. The number of piperazine rings is 1. The lowest BCUT2D eigenvalue weighted by molar-refractivity contribution is 0.142. The monoisotopic (exact) mass is 323 g/mol. The Morgan fingerprint density at radius 2 is 1.57 bits per heavy atom. The number of nitrogens with one attached hydrogen (secondary N) is 1. The number of likely N-dealkylation sites (N-methyl/N-ethyl adjacent to an activating group) is 1. The number of rotatable bonds is 7. The van der Waals surface area contributed by atoms with Crippen molar-refractivity contribution in [1.29, 1.82) is 0 Å². The van der Waals surface area contributed by atoms with Gasteiger partial charge >= 0.3 is 0 Å². The van der Waals surface area contributed by atoms with E-state index in [1.165, 1.54) is 0 Å². The van der Waals surface area contributed by atoms with E-state index < -0.39 is 0 Å². The SMILES string of the molecule is COc1cc(OC)c(C(CN(C)C)N2CCNCC2)cc1OC. The molecule has 1 fully saturated rings. The normalized spacial score (nSPS) is 17.1. The molecule has 0 aromatic heterocycles. The highest BCUT2D eigenvalue weighted by atomic mass is 16.5. The summed E-state index contributed by atoms with van der Waals surface area (Å²) in [5, 5.41) is 3.41. The van der Waals surface area contributed by atoms with Gasteiger partial charge in [-0.15, -0.1) is 0 Å². The third-order valence-corrected chi connectivity index (χ3v) is 4.23. The van der Waals surface area contributed by atoms with Crippen molar-refractivity contribution in [3.05, 3.63) is 17.7 Å². The second-order valence-electron chi connectivity index (χ2n) is 6.01. The van der Waals surface area contributed by atoms with E-state index in [1.54, 1.807) is 21.3 Å². The van der Waals surface area contributed by atoms with Gasteiger partial charge in [-0.1, -0.05) is 0 Å². The van der Waals surface area contributed by atoms with Crippen molar-refractivity contribution in [2.24, 2.45) is 0 Å². The van der Waals surface area contributed by atoms with E-state index in [-0.39, 0.29) is 6.04 Å². The maximum Gasteiger partial charge on any atom is 0.164 e. The largest absolute Gasteiger partial charge is 0.496 e. The molecular formula is C17H29N3O3. The zero-order valence-corrected chi connectivity index (χ0v) is 14.9. The number of hydrogen-bond acceptors (Lipinski definition) is 6. The van der Waals surface area contributed by atoms with E-state index in [4.69, 9.17) is 14.2 Å². The summed E-state index contributed by atoms with van der Waals surface area (Å²) in [4.78, 5) is 4.71. The van der Waals surface area contributed by atoms with Crippen LogP contribution < -0.4 is 19.5 Å². The molecule has 1 aromatic rings. The first kappa shape index (κ1) is 17.8. The van der Waals surface area contributed by atoms with E-state index in [0.29, 0.717) is 5.75 Å². The molecule has 6 nitrogen and oxygen atoms in total. The Labute approximate surface area is 139 Å². The van der Waals surface area contributed by atoms with Crippen LogP contribution in [0.4, 0.5) is 0 Å². The summed E-state index contributed by atoms with van der Waals surface area (Å²) in [7, 11) is 9.21. The maximum absolute atomic E-state index is 5.64. The minimum Gasteiger partial charge on any atom is -0.496 e. The molecule has 1 N–H and O–H groups in total. The Bertz CT molecular complexity index is 502. The number of hydrogen-bond donors (Lipinski definition) is 1. The second kappa shape index (κ2) is 8.38. The second-order valence-corrected chi connectivity index (χ2v) is 6.01. The van der Waals surface area contributed by atoms with Gasteiger partial charge in [0, 0.05) is 44.4 Å². The van der Waals surface area contributed by atoms with Crippen LogP contribution in [0, 0.1) is 0 Å². The Kier molecular flexibility index (Phi) is 6.50. The number of benzene rings is 1. The summed E-state index contributed by atoms with van der Waals surface area (Å²) < 4.78 is 16.5. The number of methoxy groups -OCH3 is 3. The fourth-order valence-electron chi connectivity index (χ4n) is 3.06. The van der Waals surface area contributed by atoms with E-state index in [2.05, 4.69) is 29.2 Å². The molecule has 1 atom stereocenters. The summed E-state index contributed by atoms with van der Waals surface area (Å²) >= 11 is 0. The van der Waals surface area contributed by atoms with Gasteiger partial charge in [-0.25, -0.2) is 0 Å². The van der Waals surface area contributed by atoms with Crippen LogP contribution in [0.5, 0.6) is 17.2 Å². The molecule has 23 heavy (non-hydrogen) atoms. The van der Waals surface area contributed by atoms with Crippen LogP contribution in [0.2, 0.25) is 0 Å². The Hall–Kier alpha value is -1.50. The first-order valence-corrected chi connectivity index (χ1v) is 8.00. The van der Waals surface area contributed by atoms with E-state index >= 15 is 0 Å². The number of nitrogens with zero attached hydrogens (tertiary/aromatic N) is 2. The minimum absolute atomic E-state index is 0.252. The summed E-state index contributed by atoms with van der Waals surface area (Å²) in [5.74, 6) is 2.27. The lowest BCUT2D eigenvalue weighted by Gasteiger charge is -2.37. The van der Waals surface area contributed by atoms with Gasteiger partial charge < -0.3 is 24.4 Å². The molecule has 1 aliphatic heterocycles. The molecule has 0 aliphatic carbocycles. The Morgan fingerprint density at radius 1 is 1.00 bits per heavy atom. The molecule has 0 radical (unpaired) electrons. The highest BCUT2D eigenvalue weighted by molar-refractivity contribution is 5.52. The number of ether oxygens (including phenoxy) is 3. The Balaban J connectivity index is 2.42. The van der Waals surface area contributed by atoms with Crippen molar-refractivity contribution in [2.75, 3.05) is 68.1 Å². The molecule has 1 aromatic carbocycles. The van der Waals surface area contributed by atoms with Crippen molar-refractivity contribution in [2.45, 2.75) is 6.04 Å². The molecule has 1 unspecified atom stereocenters. The fraction of sp³-hybridized carbons (Fsp3) is 0.647. The summed E-state index contributed by atoms with van der Waals surface area (Å²) in [6.07, 6.45) is 0. The van der Waals surface area contributed by atoms with Crippen LogP contribution in [-0.4, -0.2) is 77.9 Å². The molecular weight excluding hydrogens is 294 g/mol. The van der Waals surface area contributed by atoms with E-state index in [9.17, 15) is 0 Å². The molecule has 0 spiro atoms. The first-order valence-electron chi connectivity index (χ1n) is 8.00. The molecule has 6 heteroatoms. The van der Waals surface area contributed by atoms with Gasteiger partial charge in [0.05, 0.1) is 27.4 Å². The van der Waals surface area contributed by atoms with Crippen LogP contribution >= 0.6 is 0 Å². The quantitative estimate of drug-likeness (QED) is 0.814. The van der Waals surface area contributed by atoms with Crippen molar-refractivity contribution >= 4 is 0 Å². The molecule has 0 saturated carbocycles. The summed E-state index contributed by atoms with van der Waals surface area (Å²) in [5.41, 5.74) is 1.14. The van der Waals surface area contributed by atoms with Gasteiger partial charge in [0.15, 0.2) is 11.5 Å². The summed E-state index contributed by atoms with van der Waals surface area (Å²) in [6, 6.07) is 4.22. The topological polar surface area (TPSA) is 46.2 Å². The predicted molar refractivity (Wildman–Crippen MR) is 91.8 cm³/mol. The highest BCUT2D eigenvalue weighted by Gasteiger charge is 2.27. The zero-order chi connectivity index (χ0) is 16.8. The van der Waals surface area contributed by atoms with Crippen molar-refractivity contribution in [1.82, 2.24) is 15.1 Å². The van der Waals surface area contributed by atoms with Gasteiger partial charge in [0.2, 0.25) is 0 Å². The standard InChI is InChI=1S/C17H29N3O3/c1-19(2)12-14(20-8-6-18-7-9-20)13-10-16(22-4)17(23-5)11-15(13)21-3/h10-11,14,18H,6-9,12H2,1-5H3.